The fraction of sp³-hybridized carbons (Fsp3) is 0.421. The molecular formula is C19H22N2OS. The first kappa shape index (κ1) is 14.9. The van der Waals surface area contributed by atoms with Gasteiger partial charge in [-0.3, -0.25) is 9.69 Å². The van der Waals surface area contributed by atoms with Crippen LogP contribution in [0, 0.1) is 0 Å². The van der Waals surface area contributed by atoms with Gasteiger partial charge in [-0.05, 0) is 29.9 Å². The highest BCUT2D eigenvalue weighted by Gasteiger charge is 2.45. The third-order valence-corrected chi connectivity index (χ3v) is 6.02. The second-order valence-electron chi connectivity index (χ2n) is 6.69. The van der Waals surface area contributed by atoms with Crippen LogP contribution in [0.3, 0.4) is 0 Å². The molecule has 2 aromatic rings. The van der Waals surface area contributed by atoms with Crippen LogP contribution in [0.25, 0.3) is 0 Å². The van der Waals surface area contributed by atoms with Crippen molar-refractivity contribution in [2.75, 3.05) is 32.7 Å². The average Bonchev–Trinajstić information content (AvgIpc) is 3.18. The number of carbonyl (C=O) groups is 1. The van der Waals surface area contributed by atoms with E-state index >= 15 is 0 Å². The molecule has 1 aromatic heterocycles. The van der Waals surface area contributed by atoms with E-state index in [1.807, 2.05) is 22.4 Å². The summed E-state index contributed by atoms with van der Waals surface area (Å²) in [6, 6.07) is 14.8. The van der Waals surface area contributed by atoms with Crippen molar-refractivity contribution in [3.05, 3.63) is 58.3 Å². The third kappa shape index (κ3) is 3.06. The summed E-state index contributed by atoms with van der Waals surface area (Å²) in [5.41, 5.74) is 1.86. The number of carbonyl (C=O) groups excluding carboxylic acids is 1. The van der Waals surface area contributed by atoms with Gasteiger partial charge >= 0.3 is 0 Å². The SMILES string of the molecule is O=C(c1cccs1)N1CCN(CC2(c3ccccc3)CC2)CC1. The number of piperazine rings is 1. The molecular weight excluding hydrogens is 304 g/mol. The van der Waals surface area contributed by atoms with E-state index in [-0.39, 0.29) is 5.91 Å². The fourth-order valence-electron chi connectivity index (χ4n) is 3.57. The van der Waals surface area contributed by atoms with Crippen molar-refractivity contribution in [3.63, 3.8) is 0 Å². The molecule has 1 aromatic carbocycles. The van der Waals surface area contributed by atoms with E-state index in [1.165, 1.54) is 29.7 Å². The number of nitrogens with zero attached hydrogens (tertiary/aromatic N) is 2. The molecule has 1 aliphatic carbocycles. The molecule has 1 aliphatic heterocycles. The fourth-order valence-corrected chi connectivity index (χ4v) is 4.26. The first-order chi connectivity index (χ1) is 11.3. The van der Waals surface area contributed by atoms with Crippen molar-refractivity contribution in [1.29, 1.82) is 0 Å². The van der Waals surface area contributed by atoms with Crippen LogP contribution >= 0.6 is 11.3 Å². The molecule has 0 unspecified atom stereocenters. The lowest BCUT2D eigenvalue weighted by Crippen LogP contribution is -2.50. The van der Waals surface area contributed by atoms with Gasteiger partial charge in [-0.2, -0.15) is 0 Å². The molecule has 23 heavy (non-hydrogen) atoms. The Labute approximate surface area is 141 Å². The lowest BCUT2D eigenvalue weighted by molar-refractivity contribution is 0.0630. The Morgan fingerprint density at radius 2 is 1.74 bits per heavy atom. The molecule has 4 rings (SSSR count). The van der Waals surface area contributed by atoms with Crippen LogP contribution in [0.4, 0.5) is 0 Å². The van der Waals surface area contributed by atoms with Crippen molar-refractivity contribution in [2.45, 2.75) is 18.3 Å². The van der Waals surface area contributed by atoms with E-state index in [4.69, 9.17) is 0 Å². The van der Waals surface area contributed by atoms with E-state index in [0.717, 1.165) is 37.6 Å². The quantitative estimate of drug-likeness (QED) is 0.861. The third-order valence-electron chi connectivity index (χ3n) is 5.16. The zero-order chi connectivity index (χ0) is 15.7. The van der Waals surface area contributed by atoms with Gasteiger partial charge in [0.25, 0.3) is 5.91 Å². The maximum Gasteiger partial charge on any atom is 0.264 e. The molecule has 0 N–H and O–H groups in total. The Morgan fingerprint density at radius 3 is 2.35 bits per heavy atom. The van der Waals surface area contributed by atoms with Crippen LogP contribution in [0.1, 0.15) is 28.1 Å². The second kappa shape index (κ2) is 6.10. The van der Waals surface area contributed by atoms with E-state index in [0.29, 0.717) is 5.41 Å². The summed E-state index contributed by atoms with van der Waals surface area (Å²) < 4.78 is 0. The molecule has 2 heterocycles. The number of amides is 1. The molecule has 4 heteroatoms. The molecule has 3 nitrogen and oxygen atoms in total. The van der Waals surface area contributed by atoms with Crippen LogP contribution in [0.5, 0.6) is 0 Å². The summed E-state index contributed by atoms with van der Waals surface area (Å²) in [4.78, 5) is 17.8. The zero-order valence-corrected chi connectivity index (χ0v) is 14.1. The van der Waals surface area contributed by atoms with Gasteiger partial charge in [0.1, 0.15) is 0 Å². The normalized spacial score (nSPS) is 20.4. The van der Waals surface area contributed by atoms with Gasteiger partial charge in [0.15, 0.2) is 0 Å². The predicted molar refractivity (Wildman–Crippen MR) is 94.0 cm³/mol. The molecule has 2 fully saturated rings. The van der Waals surface area contributed by atoms with Crippen LogP contribution in [-0.4, -0.2) is 48.4 Å². The first-order valence-corrected chi connectivity index (χ1v) is 9.26. The van der Waals surface area contributed by atoms with Crippen LogP contribution < -0.4 is 0 Å². The number of hydrogen-bond acceptors (Lipinski definition) is 3. The minimum absolute atomic E-state index is 0.198. The standard InChI is InChI=1S/C19H22N2OS/c22-18(17-7-4-14-23-17)21-12-10-20(11-13-21)15-19(8-9-19)16-5-2-1-3-6-16/h1-7,14H,8-13,15H2. The maximum atomic E-state index is 12.4. The van der Waals surface area contributed by atoms with Crippen LogP contribution in [-0.2, 0) is 5.41 Å². The van der Waals surface area contributed by atoms with Crippen molar-refractivity contribution >= 4 is 17.2 Å². The summed E-state index contributed by atoms with van der Waals surface area (Å²) in [6.45, 7) is 4.82. The summed E-state index contributed by atoms with van der Waals surface area (Å²) in [5.74, 6) is 0.198. The summed E-state index contributed by atoms with van der Waals surface area (Å²) in [5, 5.41) is 1.97. The van der Waals surface area contributed by atoms with Gasteiger partial charge in [0, 0.05) is 38.1 Å². The molecule has 1 saturated carbocycles. The summed E-state index contributed by atoms with van der Waals surface area (Å²) in [6.07, 6.45) is 2.59. The molecule has 0 bridgehead atoms. The Bertz CT molecular complexity index is 656. The van der Waals surface area contributed by atoms with Gasteiger partial charge in [-0.15, -0.1) is 11.3 Å². The Morgan fingerprint density at radius 1 is 1.00 bits per heavy atom. The zero-order valence-electron chi connectivity index (χ0n) is 13.3. The van der Waals surface area contributed by atoms with Crippen molar-refractivity contribution < 1.29 is 4.79 Å². The van der Waals surface area contributed by atoms with Crippen LogP contribution in [0.2, 0.25) is 0 Å². The van der Waals surface area contributed by atoms with Gasteiger partial charge in [-0.25, -0.2) is 0 Å². The van der Waals surface area contributed by atoms with Crippen molar-refractivity contribution in [3.8, 4) is 0 Å². The second-order valence-corrected chi connectivity index (χ2v) is 7.64. The van der Waals surface area contributed by atoms with Gasteiger partial charge in [0.05, 0.1) is 4.88 Å². The highest BCUT2D eigenvalue weighted by molar-refractivity contribution is 7.12. The largest absolute Gasteiger partial charge is 0.335 e. The van der Waals surface area contributed by atoms with E-state index in [9.17, 15) is 4.79 Å². The summed E-state index contributed by atoms with van der Waals surface area (Å²) in [7, 11) is 0. The lowest BCUT2D eigenvalue weighted by atomic mass is 9.95. The number of rotatable bonds is 4. The molecule has 1 saturated heterocycles. The molecule has 0 radical (unpaired) electrons. The lowest BCUT2D eigenvalue weighted by Gasteiger charge is -2.36. The Kier molecular flexibility index (Phi) is 3.95. The van der Waals surface area contributed by atoms with Gasteiger partial charge in [-0.1, -0.05) is 36.4 Å². The van der Waals surface area contributed by atoms with Gasteiger partial charge in [0.2, 0.25) is 0 Å². The molecule has 120 valence electrons. The summed E-state index contributed by atoms with van der Waals surface area (Å²) >= 11 is 1.54. The van der Waals surface area contributed by atoms with Crippen molar-refractivity contribution in [1.82, 2.24) is 9.80 Å². The minimum atomic E-state index is 0.198. The first-order valence-electron chi connectivity index (χ1n) is 8.38. The van der Waals surface area contributed by atoms with Crippen molar-refractivity contribution in [2.24, 2.45) is 0 Å². The number of benzene rings is 1. The Hall–Kier alpha value is -1.65. The van der Waals surface area contributed by atoms with E-state index in [2.05, 4.69) is 35.2 Å². The average molecular weight is 326 g/mol. The maximum absolute atomic E-state index is 12.4. The Balaban J connectivity index is 1.35. The topological polar surface area (TPSA) is 23.6 Å². The minimum Gasteiger partial charge on any atom is -0.335 e. The highest BCUT2D eigenvalue weighted by Crippen LogP contribution is 2.48. The molecule has 1 amide bonds. The smallest absolute Gasteiger partial charge is 0.264 e. The van der Waals surface area contributed by atoms with E-state index < -0.39 is 0 Å². The molecule has 0 atom stereocenters. The van der Waals surface area contributed by atoms with Crippen LogP contribution in [0.15, 0.2) is 47.8 Å². The molecule has 0 spiro atoms. The molecule has 2 aliphatic rings. The monoisotopic (exact) mass is 326 g/mol. The number of thiophene rings is 1. The van der Waals surface area contributed by atoms with E-state index in [1.54, 1.807) is 0 Å². The van der Waals surface area contributed by atoms with Gasteiger partial charge < -0.3 is 4.90 Å². The number of hydrogen-bond donors (Lipinski definition) is 0. The highest BCUT2D eigenvalue weighted by atomic mass is 32.1. The predicted octanol–water partition coefficient (Wildman–Crippen LogP) is 3.24.